The second-order valence-corrected chi connectivity index (χ2v) is 5.17. The Labute approximate surface area is 130 Å². The lowest BCUT2D eigenvalue weighted by atomic mass is 10.0. The van der Waals surface area contributed by atoms with Gasteiger partial charge in [-0.1, -0.05) is 48.5 Å². The van der Waals surface area contributed by atoms with Crippen LogP contribution in [0.3, 0.4) is 0 Å². The van der Waals surface area contributed by atoms with Crippen LogP contribution in [0, 0.1) is 0 Å². The number of phenols is 1. The van der Waals surface area contributed by atoms with Crippen molar-refractivity contribution in [2.45, 2.75) is 6.42 Å². The van der Waals surface area contributed by atoms with E-state index in [9.17, 15) is 5.11 Å². The van der Waals surface area contributed by atoms with Crippen molar-refractivity contribution in [3.05, 3.63) is 85.1 Å². The van der Waals surface area contributed by atoms with Crippen LogP contribution in [-0.4, -0.2) is 10.1 Å². The summed E-state index contributed by atoms with van der Waals surface area (Å²) in [6, 6.07) is 19.6. The summed E-state index contributed by atoms with van der Waals surface area (Å²) >= 11 is 0. The SMILES string of the molecule is C=CCc1ccc(-c2ccc(-c3ccc(O)cc3)cc2)nc1. The molecule has 0 saturated carbocycles. The van der Waals surface area contributed by atoms with Crippen molar-refractivity contribution in [3.63, 3.8) is 0 Å². The third kappa shape index (κ3) is 3.07. The number of allylic oxidation sites excluding steroid dienone is 1. The smallest absolute Gasteiger partial charge is 0.115 e. The fraction of sp³-hybridized carbons (Fsp3) is 0.0500. The average molecular weight is 287 g/mol. The van der Waals surface area contributed by atoms with Gasteiger partial charge in [0.1, 0.15) is 5.75 Å². The molecule has 0 aliphatic heterocycles. The molecule has 1 N–H and O–H groups in total. The molecule has 2 aromatic carbocycles. The largest absolute Gasteiger partial charge is 0.508 e. The predicted molar refractivity (Wildman–Crippen MR) is 90.7 cm³/mol. The average Bonchev–Trinajstić information content (AvgIpc) is 2.57. The summed E-state index contributed by atoms with van der Waals surface area (Å²) in [4.78, 5) is 4.50. The number of nitrogens with zero attached hydrogens (tertiary/aromatic N) is 1. The molecule has 2 heteroatoms. The first kappa shape index (κ1) is 14.1. The molecule has 0 unspecified atom stereocenters. The topological polar surface area (TPSA) is 33.1 Å². The van der Waals surface area contributed by atoms with Crippen LogP contribution in [0.1, 0.15) is 5.56 Å². The standard InChI is InChI=1S/C20H17NO/c1-2-3-15-4-13-20(21-14-15)18-7-5-16(6-8-18)17-9-11-19(22)12-10-17/h2,4-14,22H,1,3H2. The van der Waals surface area contributed by atoms with E-state index in [4.69, 9.17) is 0 Å². The summed E-state index contributed by atoms with van der Waals surface area (Å²) in [6.45, 7) is 3.74. The normalized spacial score (nSPS) is 10.4. The monoisotopic (exact) mass is 287 g/mol. The lowest BCUT2D eigenvalue weighted by Crippen LogP contribution is -1.87. The summed E-state index contributed by atoms with van der Waals surface area (Å²) in [7, 11) is 0. The van der Waals surface area contributed by atoms with Crippen molar-refractivity contribution in [2.75, 3.05) is 0 Å². The Morgan fingerprint density at radius 3 is 1.95 bits per heavy atom. The lowest BCUT2D eigenvalue weighted by molar-refractivity contribution is 0.475. The number of pyridine rings is 1. The summed E-state index contributed by atoms with van der Waals surface area (Å²) in [6.07, 6.45) is 4.61. The van der Waals surface area contributed by atoms with Gasteiger partial charge in [0, 0.05) is 11.8 Å². The summed E-state index contributed by atoms with van der Waals surface area (Å²) in [5.74, 6) is 0.282. The fourth-order valence-corrected chi connectivity index (χ4v) is 2.37. The molecule has 1 aromatic heterocycles. The maximum atomic E-state index is 9.34. The predicted octanol–water partition coefficient (Wildman–Crippen LogP) is 4.85. The van der Waals surface area contributed by atoms with Gasteiger partial charge >= 0.3 is 0 Å². The fourth-order valence-electron chi connectivity index (χ4n) is 2.37. The van der Waals surface area contributed by atoms with Gasteiger partial charge in [-0.3, -0.25) is 4.98 Å². The second kappa shape index (κ2) is 6.27. The van der Waals surface area contributed by atoms with Crippen LogP contribution in [0.5, 0.6) is 5.75 Å². The van der Waals surface area contributed by atoms with Crippen molar-refractivity contribution in [1.29, 1.82) is 0 Å². The number of aromatic hydroxyl groups is 1. The Bertz CT molecular complexity index is 756. The van der Waals surface area contributed by atoms with E-state index in [1.807, 2.05) is 30.5 Å². The van der Waals surface area contributed by atoms with Crippen LogP contribution < -0.4 is 0 Å². The summed E-state index contributed by atoms with van der Waals surface area (Å²) in [5.41, 5.74) is 5.42. The molecular formula is C20H17NO. The third-order valence-corrected chi connectivity index (χ3v) is 3.59. The van der Waals surface area contributed by atoms with E-state index in [1.165, 1.54) is 5.56 Å². The molecule has 22 heavy (non-hydrogen) atoms. The Morgan fingerprint density at radius 1 is 0.818 bits per heavy atom. The number of hydrogen-bond donors (Lipinski definition) is 1. The van der Waals surface area contributed by atoms with Crippen LogP contribution in [0.2, 0.25) is 0 Å². The molecule has 3 aromatic rings. The van der Waals surface area contributed by atoms with E-state index < -0.39 is 0 Å². The molecule has 0 amide bonds. The molecule has 0 aliphatic carbocycles. The summed E-state index contributed by atoms with van der Waals surface area (Å²) < 4.78 is 0. The highest BCUT2D eigenvalue weighted by Gasteiger charge is 2.02. The quantitative estimate of drug-likeness (QED) is 0.696. The molecule has 0 fully saturated rings. The highest BCUT2D eigenvalue weighted by Crippen LogP contribution is 2.25. The van der Waals surface area contributed by atoms with Crippen LogP contribution in [0.25, 0.3) is 22.4 Å². The van der Waals surface area contributed by atoms with Gasteiger partial charge in [-0.25, -0.2) is 0 Å². The molecule has 0 atom stereocenters. The highest BCUT2D eigenvalue weighted by molar-refractivity contribution is 5.69. The van der Waals surface area contributed by atoms with Gasteiger partial charge in [0.25, 0.3) is 0 Å². The van der Waals surface area contributed by atoms with Crippen LogP contribution in [-0.2, 0) is 6.42 Å². The van der Waals surface area contributed by atoms with E-state index in [0.717, 1.165) is 28.8 Å². The van der Waals surface area contributed by atoms with E-state index in [-0.39, 0.29) is 5.75 Å². The van der Waals surface area contributed by atoms with Crippen LogP contribution in [0.4, 0.5) is 0 Å². The molecular weight excluding hydrogens is 270 g/mol. The first-order valence-corrected chi connectivity index (χ1v) is 7.22. The van der Waals surface area contributed by atoms with Gasteiger partial charge in [0.15, 0.2) is 0 Å². The van der Waals surface area contributed by atoms with Crippen LogP contribution in [0.15, 0.2) is 79.5 Å². The minimum Gasteiger partial charge on any atom is -0.508 e. The molecule has 0 saturated heterocycles. The van der Waals surface area contributed by atoms with Crippen molar-refractivity contribution < 1.29 is 5.11 Å². The zero-order valence-corrected chi connectivity index (χ0v) is 12.2. The molecule has 2 nitrogen and oxygen atoms in total. The zero-order valence-electron chi connectivity index (χ0n) is 12.2. The third-order valence-electron chi connectivity index (χ3n) is 3.59. The number of benzene rings is 2. The van der Waals surface area contributed by atoms with Crippen molar-refractivity contribution in [3.8, 4) is 28.1 Å². The Hall–Kier alpha value is -2.87. The highest BCUT2D eigenvalue weighted by atomic mass is 16.3. The molecule has 0 aliphatic rings. The zero-order chi connectivity index (χ0) is 15.4. The van der Waals surface area contributed by atoms with E-state index in [0.29, 0.717) is 0 Å². The van der Waals surface area contributed by atoms with Gasteiger partial charge in [0.2, 0.25) is 0 Å². The number of rotatable bonds is 4. The number of hydrogen-bond acceptors (Lipinski definition) is 2. The lowest BCUT2D eigenvalue weighted by Gasteiger charge is -2.05. The number of phenolic OH excluding ortho intramolecular Hbond substituents is 1. The first-order chi connectivity index (χ1) is 10.8. The van der Waals surface area contributed by atoms with E-state index >= 15 is 0 Å². The van der Waals surface area contributed by atoms with Crippen molar-refractivity contribution >= 4 is 0 Å². The van der Waals surface area contributed by atoms with Gasteiger partial charge in [-0.2, -0.15) is 0 Å². The molecule has 0 spiro atoms. The maximum Gasteiger partial charge on any atom is 0.115 e. The minimum atomic E-state index is 0.282. The van der Waals surface area contributed by atoms with Gasteiger partial charge < -0.3 is 5.11 Å². The molecule has 108 valence electrons. The maximum absolute atomic E-state index is 9.34. The molecule has 0 bridgehead atoms. The minimum absolute atomic E-state index is 0.282. The molecule has 3 rings (SSSR count). The van der Waals surface area contributed by atoms with Gasteiger partial charge in [0.05, 0.1) is 5.69 Å². The van der Waals surface area contributed by atoms with Crippen molar-refractivity contribution in [1.82, 2.24) is 4.98 Å². The van der Waals surface area contributed by atoms with Crippen molar-refractivity contribution in [2.24, 2.45) is 0 Å². The van der Waals surface area contributed by atoms with Gasteiger partial charge in [-0.15, -0.1) is 6.58 Å². The molecule has 0 radical (unpaired) electrons. The van der Waals surface area contributed by atoms with Crippen LogP contribution >= 0.6 is 0 Å². The first-order valence-electron chi connectivity index (χ1n) is 7.22. The Balaban J connectivity index is 1.84. The van der Waals surface area contributed by atoms with Gasteiger partial charge in [-0.05, 0) is 41.3 Å². The van der Waals surface area contributed by atoms with E-state index in [2.05, 4.69) is 41.9 Å². The number of aromatic nitrogens is 1. The summed E-state index contributed by atoms with van der Waals surface area (Å²) in [5, 5.41) is 9.34. The molecule has 1 heterocycles. The Kier molecular flexibility index (Phi) is 4.01. The van der Waals surface area contributed by atoms with E-state index in [1.54, 1.807) is 12.1 Å². The Morgan fingerprint density at radius 2 is 1.41 bits per heavy atom. The second-order valence-electron chi connectivity index (χ2n) is 5.17.